The van der Waals surface area contributed by atoms with Crippen molar-refractivity contribution in [3.63, 3.8) is 0 Å². The number of amides is 1. The van der Waals surface area contributed by atoms with Crippen LogP contribution in [0.2, 0.25) is 0 Å². The standard InChI is InChI=1S/C20H23N3O2/c1-25-19-9-14(7-8-16(19)15-11-21-22-12-15)20(24)23-18-10-17(18)13-5-3-2-4-6-13/h2-9,15,17-18,21-22H,10-12H2,1H3,(H,23,24)/t17-,18+/m0/s1. The Morgan fingerprint density at radius 2 is 1.88 bits per heavy atom. The summed E-state index contributed by atoms with van der Waals surface area (Å²) in [5, 5.41) is 3.14. The van der Waals surface area contributed by atoms with Gasteiger partial charge < -0.3 is 10.1 Å². The molecule has 2 aromatic rings. The predicted octanol–water partition coefficient (Wildman–Crippen LogP) is 2.17. The van der Waals surface area contributed by atoms with Crippen LogP contribution in [-0.2, 0) is 0 Å². The van der Waals surface area contributed by atoms with Crippen LogP contribution in [0, 0.1) is 0 Å². The number of hydrogen-bond donors (Lipinski definition) is 3. The maximum absolute atomic E-state index is 12.6. The highest BCUT2D eigenvalue weighted by atomic mass is 16.5. The van der Waals surface area contributed by atoms with Gasteiger partial charge in [-0.05, 0) is 29.7 Å². The van der Waals surface area contributed by atoms with Crippen LogP contribution in [-0.4, -0.2) is 32.1 Å². The normalized spacial score (nSPS) is 22.6. The third-order valence-corrected chi connectivity index (χ3v) is 5.09. The molecule has 0 spiro atoms. The molecule has 1 heterocycles. The molecule has 1 aliphatic heterocycles. The molecule has 2 atom stereocenters. The lowest BCUT2D eigenvalue weighted by molar-refractivity contribution is 0.0950. The Kier molecular flexibility index (Phi) is 4.42. The summed E-state index contributed by atoms with van der Waals surface area (Å²) < 4.78 is 5.52. The third-order valence-electron chi connectivity index (χ3n) is 5.09. The molecule has 0 radical (unpaired) electrons. The summed E-state index contributed by atoms with van der Waals surface area (Å²) >= 11 is 0. The molecule has 4 rings (SSSR count). The minimum atomic E-state index is -0.0315. The van der Waals surface area contributed by atoms with Crippen molar-refractivity contribution in [2.24, 2.45) is 0 Å². The molecule has 0 bridgehead atoms. The number of rotatable bonds is 5. The summed E-state index contributed by atoms with van der Waals surface area (Å²) in [5.41, 5.74) is 9.33. The summed E-state index contributed by atoms with van der Waals surface area (Å²) in [6, 6.07) is 16.3. The van der Waals surface area contributed by atoms with Crippen LogP contribution in [0.3, 0.4) is 0 Å². The second kappa shape index (κ2) is 6.86. The number of carbonyl (C=O) groups excluding carboxylic acids is 1. The molecular weight excluding hydrogens is 314 g/mol. The summed E-state index contributed by atoms with van der Waals surface area (Å²) in [5.74, 6) is 1.54. The van der Waals surface area contributed by atoms with E-state index in [1.807, 2.05) is 36.4 Å². The van der Waals surface area contributed by atoms with Crippen LogP contribution in [0.1, 0.15) is 39.7 Å². The van der Waals surface area contributed by atoms with Crippen LogP contribution in [0.5, 0.6) is 5.75 Å². The van der Waals surface area contributed by atoms with E-state index < -0.39 is 0 Å². The Balaban J connectivity index is 1.44. The molecular formula is C20H23N3O2. The fourth-order valence-corrected chi connectivity index (χ4v) is 3.55. The molecule has 1 saturated heterocycles. The van der Waals surface area contributed by atoms with Crippen molar-refractivity contribution < 1.29 is 9.53 Å². The Bertz CT molecular complexity index is 757. The smallest absolute Gasteiger partial charge is 0.251 e. The monoisotopic (exact) mass is 337 g/mol. The fourth-order valence-electron chi connectivity index (χ4n) is 3.55. The number of benzene rings is 2. The van der Waals surface area contributed by atoms with Gasteiger partial charge in [0.25, 0.3) is 5.91 Å². The van der Waals surface area contributed by atoms with Gasteiger partial charge in [0, 0.05) is 36.5 Å². The van der Waals surface area contributed by atoms with Crippen molar-refractivity contribution in [1.29, 1.82) is 0 Å². The maximum atomic E-state index is 12.6. The van der Waals surface area contributed by atoms with Gasteiger partial charge in [-0.25, -0.2) is 0 Å². The number of hydrazine groups is 1. The van der Waals surface area contributed by atoms with E-state index in [-0.39, 0.29) is 11.9 Å². The summed E-state index contributed by atoms with van der Waals surface area (Å²) in [6.45, 7) is 1.73. The zero-order valence-electron chi connectivity index (χ0n) is 14.3. The second-order valence-electron chi connectivity index (χ2n) is 6.75. The largest absolute Gasteiger partial charge is 0.496 e. The first-order valence-corrected chi connectivity index (χ1v) is 8.75. The lowest BCUT2D eigenvalue weighted by Crippen LogP contribution is -2.26. The molecule has 130 valence electrons. The van der Waals surface area contributed by atoms with Crippen molar-refractivity contribution in [3.05, 3.63) is 65.2 Å². The van der Waals surface area contributed by atoms with E-state index in [1.54, 1.807) is 7.11 Å². The first-order valence-electron chi connectivity index (χ1n) is 8.75. The van der Waals surface area contributed by atoms with Crippen LogP contribution in [0.15, 0.2) is 48.5 Å². The van der Waals surface area contributed by atoms with E-state index in [1.165, 1.54) is 5.56 Å². The number of hydrogen-bond acceptors (Lipinski definition) is 4. The zero-order chi connectivity index (χ0) is 17.2. The molecule has 0 unspecified atom stereocenters. The molecule has 2 aliphatic rings. The minimum absolute atomic E-state index is 0.0315. The molecule has 0 aromatic heterocycles. The van der Waals surface area contributed by atoms with E-state index in [9.17, 15) is 4.79 Å². The van der Waals surface area contributed by atoms with Crippen LogP contribution in [0.25, 0.3) is 0 Å². The lowest BCUT2D eigenvalue weighted by Gasteiger charge is -2.14. The van der Waals surface area contributed by atoms with Gasteiger partial charge in [0.2, 0.25) is 0 Å². The van der Waals surface area contributed by atoms with Gasteiger partial charge in [-0.3, -0.25) is 15.6 Å². The van der Waals surface area contributed by atoms with Crippen molar-refractivity contribution >= 4 is 5.91 Å². The van der Waals surface area contributed by atoms with Crippen molar-refractivity contribution in [2.45, 2.75) is 24.3 Å². The second-order valence-corrected chi connectivity index (χ2v) is 6.75. The summed E-state index contributed by atoms with van der Waals surface area (Å²) in [7, 11) is 1.66. The summed E-state index contributed by atoms with van der Waals surface area (Å²) in [6.07, 6.45) is 1.00. The van der Waals surface area contributed by atoms with Gasteiger partial charge in [-0.1, -0.05) is 36.4 Å². The molecule has 2 aromatic carbocycles. The average molecular weight is 337 g/mol. The molecule has 5 heteroatoms. The molecule has 3 N–H and O–H groups in total. The molecule has 2 fully saturated rings. The molecule has 25 heavy (non-hydrogen) atoms. The highest BCUT2D eigenvalue weighted by Crippen LogP contribution is 2.40. The fraction of sp³-hybridized carbons (Fsp3) is 0.350. The van der Waals surface area contributed by atoms with Gasteiger partial charge in [-0.15, -0.1) is 0 Å². The van der Waals surface area contributed by atoms with Gasteiger partial charge in [0.15, 0.2) is 0 Å². The Morgan fingerprint density at radius 3 is 2.60 bits per heavy atom. The Labute approximate surface area is 147 Å². The minimum Gasteiger partial charge on any atom is -0.496 e. The maximum Gasteiger partial charge on any atom is 0.251 e. The Morgan fingerprint density at radius 1 is 1.12 bits per heavy atom. The highest BCUT2D eigenvalue weighted by Gasteiger charge is 2.39. The quantitative estimate of drug-likeness (QED) is 0.782. The predicted molar refractivity (Wildman–Crippen MR) is 96.8 cm³/mol. The van der Waals surface area contributed by atoms with Crippen molar-refractivity contribution in [1.82, 2.24) is 16.2 Å². The van der Waals surface area contributed by atoms with Crippen LogP contribution in [0.4, 0.5) is 0 Å². The Hall–Kier alpha value is -2.37. The number of nitrogens with one attached hydrogen (secondary N) is 3. The van der Waals surface area contributed by atoms with Gasteiger partial charge in [0.05, 0.1) is 7.11 Å². The number of methoxy groups -OCH3 is 1. The molecule has 5 nitrogen and oxygen atoms in total. The average Bonchev–Trinajstić information content (AvgIpc) is 3.20. The van der Waals surface area contributed by atoms with Crippen molar-refractivity contribution in [2.75, 3.05) is 20.2 Å². The SMILES string of the molecule is COc1cc(C(=O)N[C@@H]2C[C@H]2c2ccccc2)ccc1C1CNNC1. The van der Waals surface area contributed by atoms with Crippen LogP contribution < -0.4 is 20.9 Å². The lowest BCUT2D eigenvalue weighted by atomic mass is 9.97. The molecule has 1 saturated carbocycles. The van der Waals surface area contributed by atoms with Crippen LogP contribution >= 0.6 is 0 Å². The topological polar surface area (TPSA) is 62.4 Å². The summed E-state index contributed by atoms with van der Waals surface area (Å²) in [4.78, 5) is 12.6. The third kappa shape index (κ3) is 3.38. The van der Waals surface area contributed by atoms with Gasteiger partial charge in [-0.2, -0.15) is 0 Å². The van der Waals surface area contributed by atoms with E-state index in [2.05, 4.69) is 28.3 Å². The van der Waals surface area contributed by atoms with Gasteiger partial charge in [0.1, 0.15) is 5.75 Å². The zero-order valence-corrected chi connectivity index (χ0v) is 14.3. The van der Waals surface area contributed by atoms with E-state index in [4.69, 9.17) is 4.74 Å². The molecule has 1 amide bonds. The highest BCUT2D eigenvalue weighted by molar-refractivity contribution is 5.95. The van der Waals surface area contributed by atoms with E-state index in [0.717, 1.165) is 30.8 Å². The first-order chi connectivity index (χ1) is 12.3. The van der Waals surface area contributed by atoms with Crippen molar-refractivity contribution in [3.8, 4) is 5.75 Å². The number of carbonyl (C=O) groups is 1. The molecule has 1 aliphatic carbocycles. The van der Waals surface area contributed by atoms with E-state index in [0.29, 0.717) is 17.4 Å². The van der Waals surface area contributed by atoms with Gasteiger partial charge >= 0.3 is 0 Å². The number of ether oxygens (including phenoxy) is 1. The first kappa shape index (κ1) is 16.1. The van der Waals surface area contributed by atoms with E-state index >= 15 is 0 Å².